The SMILES string of the molecule is CC(COC1CCOC1)NC(=NCCCN1CCOCC1)NCCc1ccco1.I. The van der Waals surface area contributed by atoms with Crippen LogP contribution >= 0.6 is 24.0 Å². The first-order valence-electron chi connectivity index (χ1n) is 10.9. The van der Waals surface area contributed by atoms with Crippen molar-refractivity contribution in [3.63, 3.8) is 0 Å². The number of rotatable bonds is 11. The van der Waals surface area contributed by atoms with E-state index in [1.54, 1.807) is 6.26 Å². The molecule has 2 N–H and O–H groups in total. The molecule has 0 aliphatic carbocycles. The van der Waals surface area contributed by atoms with Gasteiger partial charge in [0.05, 0.1) is 38.8 Å². The number of hydrogen-bond donors (Lipinski definition) is 2. The zero-order valence-corrected chi connectivity index (χ0v) is 20.3. The second-order valence-electron chi connectivity index (χ2n) is 7.66. The first-order chi connectivity index (χ1) is 14.3. The predicted molar refractivity (Wildman–Crippen MR) is 128 cm³/mol. The quantitative estimate of drug-likeness (QED) is 0.194. The molecule has 2 aliphatic heterocycles. The highest BCUT2D eigenvalue weighted by atomic mass is 127. The van der Waals surface area contributed by atoms with E-state index >= 15 is 0 Å². The smallest absolute Gasteiger partial charge is 0.191 e. The molecule has 9 heteroatoms. The van der Waals surface area contributed by atoms with Gasteiger partial charge in [-0.3, -0.25) is 9.89 Å². The number of hydrogen-bond acceptors (Lipinski definition) is 6. The monoisotopic (exact) mass is 536 g/mol. The summed E-state index contributed by atoms with van der Waals surface area (Å²) in [5, 5.41) is 6.89. The van der Waals surface area contributed by atoms with E-state index in [1.807, 2.05) is 12.1 Å². The van der Waals surface area contributed by atoms with Crippen molar-refractivity contribution in [3.05, 3.63) is 24.2 Å². The largest absolute Gasteiger partial charge is 0.469 e. The van der Waals surface area contributed by atoms with Crippen LogP contribution in [0, 0.1) is 0 Å². The Kier molecular flexibility index (Phi) is 12.7. The molecular formula is C21H37IN4O4. The van der Waals surface area contributed by atoms with E-state index < -0.39 is 0 Å². The normalized spacial score (nSPS) is 21.2. The molecule has 1 aromatic heterocycles. The van der Waals surface area contributed by atoms with Gasteiger partial charge in [-0.05, 0) is 31.9 Å². The molecule has 0 aromatic carbocycles. The highest BCUT2D eigenvalue weighted by Crippen LogP contribution is 2.08. The van der Waals surface area contributed by atoms with Crippen LogP contribution in [-0.2, 0) is 20.6 Å². The topological polar surface area (TPSA) is 80.5 Å². The molecule has 172 valence electrons. The van der Waals surface area contributed by atoms with E-state index in [0.29, 0.717) is 13.2 Å². The number of nitrogens with zero attached hydrogens (tertiary/aromatic N) is 2. The Morgan fingerprint density at radius 3 is 2.90 bits per heavy atom. The van der Waals surface area contributed by atoms with E-state index in [9.17, 15) is 0 Å². The Labute approximate surface area is 197 Å². The van der Waals surface area contributed by atoms with Crippen LogP contribution in [0.2, 0.25) is 0 Å². The van der Waals surface area contributed by atoms with Gasteiger partial charge in [0.15, 0.2) is 5.96 Å². The van der Waals surface area contributed by atoms with Crippen LogP contribution in [0.25, 0.3) is 0 Å². The van der Waals surface area contributed by atoms with Crippen molar-refractivity contribution >= 4 is 29.9 Å². The van der Waals surface area contributed by atoms with E-state index in [2.05, 4.69) is 22.5 Å². The van der Waals surface area contributed by atoms with Crippen molar-refractivity contribution in [2.24, 2.45) is 4.99 Å². The van der Waals surface area contributed by atoms with Gasteiger partial charge >= 0.3 is 0 Å². The molecule has 30 heavy (non-hydrogen) atoms. The van der Waals surface area contributed by atoms with E-state index in [-0.39, 0.29) is 36.1 Å². The Balaban J connectivity index is 0.00000320. The standard InChI is InChI=1S/C21H36N4O4.HI/c1-18(16-29-20-6-13-27-17-20)24-21(23-8-5-19-4-2-12-28-19)22-7-3-9-25-10-14-26-15-11-25;/h2,4,12,18,20H,3,5-11,13-17H2,1H3,(H2,22,23,24);1H. The molecule has 2 unspecified atom stereocenters. The first-order valence-corrected chi connectivity index (χ1v) is 10.9. The molecule has 1 aromatic rings. The summed E-state index contributed by atoms with van der Waals surface area (Å²) >= 11 is 0. The van der Waals surface area contributed by atoms with Crippen LogP contribution in [-0.4, -0.2) is 88.8 Å². The van der Waals surface area contributed by atoms with Crippen LogP contribution < -0.4 is 10.6 Å². The van der Waals surface area contributed by atoms with Crippen LogP contribution in [0.5, 0.6) is 0 Å². The Bertz CT molecular complexity index is 576. The fraction of sp³-hybridized carbons (Fsp3) is 0.762. The lowest BCUT2D eigenvalue weighted by atomic mass is 10.3. The number of nitrogens with one attached hydrogen (secondary N) is 2. The molecule has 2 saturated heterocycles. The van der Waals surface area contributed by atoms with Gasteiger partial charge in [0, 0.05) is 51.8 Å². The summed E-state index contributed by atoms with van der Waals surface area (Å²) in [5.41, 5.74) is 0. The zero-order chi connectivity index (χ0) is 20.2. The van der Waals surface area contributed by atoms with E-state index in [0.717, 1.165) is 83.5 Å². The summed E-state index contributed by atoms with van der Waals surface area (Å²) in [6.45, 7) is 10.6. The number of aliphatic imine (C=N–C) groups is 1. The summed E-state index contributed by atoms with van der Waals surface area (Å²) in [6.07, 6.45) is 4.78. The minimum Gasteiger partial charge on any atom is -0.469 e. The Morgan fingerprint density at radius 1 is 1.30 bits per heavy atom. The molecule has 0 saturated carbocycles. The maximum atomic E-state index is 5.93. The van der Waals surface area contributed by atoms with Crippen molar-refractivity contribution in [2.75, 3.05) is 65.8 Å². The van der Waals surface area contributed by atoms with E-state index in [4.69, 9.17) is 23.6 Å². The number of morpholine rings is 1. The van der Waals surface area contributed by atoms with Gasteiger partial charge in [-0.25, -0.2) is 0 Å². The van der Waals surface area contributed by atoms with Crippen LogP contribution in [0.4, 0.5) is 0 Å². The minimum absolute atomic E-state index is 0. The second kappa shape index (κ2) is 15.0. The van der Waals surface area contributed by atoms with Gasteiger partial charge in [-0.15, -0.1) is 24.0 Å². The lowest BCUT2D eigenvalue weighted by Gasteiger charge is -2.26. The zero-order valence-electron chi connectivity index (χ0n) is 18.0. The summed E-state index contributed by atoms with van der Waals surface area (Å²) in [6, 6.07) is 4.08. The van der Waals surface area contributed by atoms with Gasteiger partial charge < -0.3 is 29.3 Å². The predicted octanol–water partition coefficient (Wildman–Crippen LogP) is 1.89. The van der Waals surface area contributed by atoms with Gasteiger partial charge in [0.25, 0.3) is 0 Å². The average Bonchev–Trinajstić information content (AvgIpc) is 3.44. The van der Waals surface area contributed by atoms with Crippen molar-refractivity contribution < 1.29 is 18.6 Å². The molecule has 3 heterocycles. The molecule has 0 bridgehead atoms. The van der Waals surface area contributed by atoms with E-state index in [1.165, 1.54) is 0 Å². The average molecular weight is 536 g/mol. The molecule has 2 aliphatic rings. The van der Waals surface area contributed by atoms with Gasteiger partial charge in [-0.1, -0.05) is 0 Å². The number of guanidine groups is 1. The third-order valence-electron chi connectivity index (χ3n) is 5.10. The maximum absolute atomic E-state index is 5.93. The third kappa shape index (κ3) is 9.95. The van der Waals surface area contributed by atoms with Crippen molar-refractivity contribution in [2.45, 2.75) is 38.3 Å². The molecule has 8 nitrogen and oxygen atoms in total. The fourth-order valence-electron chi connectivity index (χ4n) is 3.42. The van der Waals surface area contributed by atoms with Crippen LogP contribution in [0.3, 0.4) is 0 Å². The summed E-state index contributed by atoms with van der Waals surface area (Å²) < 4.78 is 22.1. The number of ether oxygens (including phenoxy) is 3. The fourth-order valence-corrected chi connectivity index (χ4v) is 3.42. The van der Waals surface area contributed by atoms with Gasteiger partial charge in [0.2, 0.25) is 0 Å². The number of halogens is 1. The molecule has 2 fully saturated rings. The highest BCUT2D eigenvalue weighted by Gasteiger charge is 2.17. The lowest BCUT2D eigenvalue weighted by molar-refractivity contribution is 0.0347. The molecule has 3 rings (SSSR count). The summed E-state index contributed by atoms with van der Waals surface area (Å²) in [5.74, 6) is 1.80. The molecule has 0 radical (unpaired) electrons. The molecule has 0 amide bonds. The summed E-state index contributed by atoms with van der Waals surface area (Å²) in [4.78, 5) is 7.21. The van der Waals surface area contributed by atoms with Crippen LogP contribution in [0.15, 0.2) is 27.8 Å². The summed E-state index contributed by atoms with van der Waals surface area (Å²) in [7, 11) is 0. The minimum atomic E-state index is 0. The maximum Gasteiger partial charge on any atom is 0.191 e. The van der Waals surface area contributed by atoms with Crippen LogP contribution in [0.1, 0.15) is 25.5 Å². The third-order valence-corrected chi connectivity index (χ3v) is 5.10. The molecule has 0 spiro atoms. The number of furan rings is 1. The Morgan fingerprint density at radius 2 is 2.17 bits per heavy atom. The first kappa shape index (κ1) is 25.4. The lowest BCUT2D eigenvalue weighted by Crippen LogP contribution is -2.45. The van der Waals surface area contributed by atoms with Gasteiger partial charge in [-0.2, -0.15) is 0 Å². The van der Waals surface area contributed by atoms with Crippen molar-refractivity contribution in [1.82, 2.24) is 15.5 Å². The highest BCUT2D eigenvalue weighted by molar-refractivity contribution is 14.0. The molecule has 2 atom stereocenters. The Hall–Kier alpha value is -0.880. The molecular weight excluding hydrogens is 499 g/mol. The second-order valence-corrected chi connectivity index (χ2v) is 7.66. The van der Waals surface area contributed by atoms with Crippen molar-refractivity contribution in [1.29, 1.82) is 0 Å². The van der Waals surface area contributed by atoms with Crippen molar-refractivity contribution in [3.8, 4) is 0 Å². The van der Waals surface area contributed by atoms with Gasteiger partial charge in [0.1, 0.15) is 5.76 Å².